The van der Waals surface area contributed by atoms with E-state index in [2.05, 4.69) is 4.98 Å². The number of nitrogens with zero attached hydrogens (tertiary/aromatic N) is 1. The Kier molecular flexibility index (Phi) is 2.82. The highest BCUT2D eigenvalue weighted by Crippen LogP contribution is 2.30. The van der Waals surface area contributed by atoms with Gasteiger partial charge in [0.15, 0.2) is 0 Å². The molecule has 1 heterocycles. The molecule has 1 aromatic heterocycles. The van der Waals surface area contributed by atoms with E-state index in [4.69, 9.17) is 16.7 Å². The van der Waals surface area contributed by atoms with Crippen molar-refractivity contribution < 1.29 is 5.11 Å². The molecule has 0 spiro atoms. The summed E-state index contributed by atoms with van der Waals surface area (Å²) >= 11 is 7.47. The fourth-order valence-electron chi connectivity index (χ4n) is 1.14. The van der Waals surface area contributed by atoms with Gasteiger partial charge in [0.1, 0.15) is 5.01 Å². The smallest absolute Gasteiger partial charge is 0.125 e. The second kappa shape index (κ2) is 4.09. The summed E-state index contributed by atoms with van der Waals surface area (Å²) < 4.78 is 0. The second-order valence-corrected chi connectivity index (χ2v) is 4.29. The van der Waals surface area contributed by atoms with Crippen LogP contribution in [0.4, 0.5) is 0 Å². The van der Waals surface area contributed by atoms with Crippen molar-refractivity contribution in [1.29, 1.82) is 0 Å². The number of hydrogen-bond donors (Lipinski definition) is 1. The van der Waals surface area contributed by atoms with Gasteiger partial charge in [0.05, 0.1) is 16.5 Å². The fraction of sp³-hybridized carbons (Fsp3) is 0.100. The van der Waals surface area contributed by atoms with Crippen molar-refractivity contribution in [2.45, 2.75) is 6.61 Å². The summed E-state index contributed by atoms with van der Waals surface area (Å²) in [5.41, 5.74) is 0.916. The number of hydrogen-bond acceptors (Lipinski definition) is 3. The molecule has 0 bridgehead atoms. The molecule has 2 rings (SSSR count). The van der Waals surface area contributed by atoms with Crippen molar-refractivity contribution in [2.24, 2.45) is 0 Å². The predicted octanol–water partition coefficient (Wildman–Crippen LogP) is 2.96. The van der Waals surface area contributed by atoms with Gasteiger partial charge in [0, 0.05) is 11.8 Å². The minimum Gasteiger partial charge on any atom is -0.391 e. The van der Waals surface area contributed by atoms with Crippen LogP contribution in [0.2, 0.25) is 5.02 Å². The lowest BCUT2D eigenvalue weighted by molar-refractivity contribution is 0.285. The van der Waals surface area contributed by atoms with Crippen molar-refractivity contribution in [3.05, 3.63) is 40.4 Å². The first-order chi connectivity index (χ1) is 6.81. The van der Waals surface area contributed by atoms with Crippen molar-refractivity contribution in [3.63, 3.8) is 0 Å². The molecule has 0 fully saturated rings. The molecule has 2 nitrogen and oxygen atoms in total. The highest BCUT2D eigenvalue weighted by Gasteiger charge is 2.06. The molecule has 0 aliphatic heterocycles. The molecule has 1 N–H and O–H groups in total. The molecule has 0 unspecified atom stereocenters. The van der Waals surface area contributed by atoms with Gasteiger partial charge in [-0.25, -0.2) is 4.98 Å². The van der Waals surface area contributed by atoms with Crippen molar-refractivity contribution in [1.82, 2.24) is 4.98 Å². The largest absolute Gasteiger partial charge is 0.391 e. The van der Waals surface area contributed by atoms with E-state index in [0.717, 1.165) is 15.4 Å². The van der Waals surface area contributed by atoms with Crippen LogP contribution in [0, 0.1) is 0 Å². The van der Waals surface area contributed by atoms with E-state index in [9.17, 15) is 0 Å². The Bertz CT molecular complexity index is 441. The maximum atomic E-state index is 8.90. The van der Waals surface area contributed by atoms with Crippen LogP contribution < -0.4 is 0 Å². The third kappa shape index (κ3) is 1.80. The lowest BCUT2D eigenvalue weighted by atomic mass is 10.2. The number of halogens is 1. The molecule has 14 heavy (non-hydrogen) atoms. The first-order valence-corrected chi connectivity index (χ1v) is 5.31. The van der Waals surface area contributed by atoms with Crippen molar-refractivity contribution >= 4 is 22.9 Å². The first kappa shape index (κ1) is 9.65. The summed E-state index contributed by atoms with van der Waals surface area (Å²) in [6, 6.07) is 7.55. The van der Waals surface area contributed by atoms with E-state index in [1.165, 1.54) is 11.3 Å². The van der Waals surface area contributed by atoms with Crippen LogP contribution in [0.25, 0.3) is 10.6 Å². The minimum absolute atomic E-state index is 0.0299. The topological polar surface area (TPSA) is 33.1 Å². The summed E-state index contributed by atoms with van der Waals surface area (Å²) in [6.45, 7) is 0.0299. The van der Waals surface area contributed by atoms with Crippen LogP contribution in [0.15, 0.2) is 30.5 Å². The monoisotopic (exact) mass is 225 g/mol. The molecule has 0 aliphatic carbocycles. The highest BCUT2D eigenvalue weighted by atomic mass is 35.5. The van der Waals surface area contributed by atoms with Crippen molar-refractivity contribution in [2.75, 3.05) is 0 Å². The molecule has 0 saturated carbocycles. The molecule has 0 radical (unpaired) electrons. The van der Waals surface area contributed by atoms with Gasteiger partial charge in [-0.2, -0.15) is 0 Å². The Morgan fingerprint density at radius 1 is 1.36 bits per heavy atom. The zero-order valence-electron chi connectivity index (χ0n) is 7.27. The van der Waals surface area contributed by atoms with Crippen molar-refractivity contribution in [3.8, 4) is 10.6 Å². The van der Waals surface area contributed by atoms with E-state index < -0.39 is 0 Å². The molecule has 72 valence electrons. The fourth-order valence-corrected chi connectivity index (χ4v) is 2.23. The standard InChI is InChI=1S/C10H8ClNOS/c11-9-4-2-1-3-8(9)10-12-5-7(6-13)14-10/h1-5,13H,6H2. The number of benzene rings is 1. The second-order valence-electron chi connectivity index (χ2n) is 2.77. The Hall–Kier alpha value is -0.900. The summed E-state index contributed by atoms with van der Waals surface area (Å²) in [7, 11) is 0. The maximum Gasteiger partial charge on any atom is 0.125 e. The number of aromatic nitrogens is 1. The van der Waals surface area contributed by atoms with Crippen LogP contribution in [-0.2, 0) is 6.61 Å². The molecule has 0 aliphatic rings. The Labute approximate surface area is 90.8 Å². The third-order valence-electron chi connectivity index (χ3n) is 1.81. The summed E-state index contributed by atoms with van der Waals surface area (Å²) in [5.74, 6) is 0. The molecule has 0 saturated heterocycles. The number of rotatable bonds is 2. The summed E-state index contributed by atoms with van der Waals surface area (Å²) in [6.07, 6.45) is 1.67. The maximum absolute atomic E-state index is 8.90. The molecule has 2 aromatic rings. The average Bonchev–Trinajstić information content (AvgIpc) is 2.67. The molecule has 0 atom stereocenters. The van der Waals surface area contributed by atoms with Gasteiger partial charge in [-0.1, -0.05) is 29.8 Å². The van der Waals surface area contributed by atoms with Gasteiger partial charge in [0.25, 0.3) is 0 Å². The van der Waals surface area contributed by atoms with Crippen LogP contribution in [0.5, 0.6) is 0 Å². The molecule has 1 aromatic carbocycles. The van der Waals surface area contributed by atoms with Gasteiger partial charge >= 0.3 is 0 Å². The minimum atomic E-state index is 0.0299. The Morgan fingerprint density at radius 3 is 2.79 bits per heavy atom. The zero-order chi connectivity index (χ0) is 9.97. The summed E-state index contributed by atoms with van der Waals surface area (Å²) in [5, 5.41) is 10.4. The number of aliphatic hydroxyl groups is 1. The van der Waals surface area contributed by atoms with Gasteiger partial charge in [-0.05, 0) is 6.07 Å². The van der Waals surface area contributed by atoms with Crippen LogP contribution >= 0.6 is 22.9 Å². The first-order valence-electron chi connectivity index (χ1n) is 4.11. The molecular formula is C10H8ClNOS. The quantitative estimate of drug-likeness (QED) is 0.853. The van der Waals surface area contributed by atoms with Gasteiger partial charge in [0.2, 0.25) is 0 Å². The van der Waals surface area contributed by atoms with E-state index in [0.29, 0.717) is 5.02 Å². The van der Waals surface area contributed by atoms with E-state index in [1.807, 2.05) is 24.3 Å². The van der Waals surface area contributed by atoms with E-state index in [1.54, 1.807) is 6.20 Å². The van der Waals surface area contributed by atoms with Gasteiger partial charge < -0.3 is 5.11 Å². The van der Waals surface area contributed by atoms with Crippen LogP contribution in [0.1, 0.15) is 4.88 Å². The van der Waals surface area contributed by atoms with Gasteiger partial charge in [-0.15, -0.1) is 11.3 Å². The summed E-state index contributed by atoms with van der Waals surface area (Å²) in [4.78, 5) is 5.04. The SMILES string of the molecule is OCc1cnc(-c2ccccc2Cl)s1. The van der Waals surface area contributed by atoms with E-state index >= 15 is 0 Å². The normalized spacial score (nSPS) is 10.4. The van der Waals surface area contributed by atoms with Crippen LogP contribution in [0.3, 0.4) is 0 Å². The predicted molar refractivity (Wildman–Crippen MR) is 58.5 cm³/mol. The van der Waals surface area contributed by atoms with E-state index in [-0.39, 0.29) is 6.61 Å². The van der Waals surface area contributed by atoms with Gasteiger partial charge in [-0.3, -0.25) is 0 Å². The average molecular weight is 226 g/mol. The highest BCUT2D eigenvalue weighted by molar-refractivity contribution is 7.15. The third-order valence-corrected chi connectivity index (χ3v) is 3.16. The lowest BCUT2D eigenvalue weighted by Gasteiger charge is -1.97. The number of thiazole rings is 1. The molecular weight excluding hydrogens is 218 g/mol. The Morgan fingerprint density at radius 2 is 2.14 bits per heavy atom. The molecule has 4 heteroatoms. The molecule has 0 amide bonds. The number of aliphatic hydroxyl groups excluding tert-OH is 1. The lowest BCUT2D eigenvalue weighted by Crippen LogP contribution is -1.75. The zero-order valence-corrected chi connectivity index (χ0v) is 8.85. The Balaban J connectivity index is 2.44. The van der Waals surface area contributed by atoms with Crippen LogP contribution in [-0.4, -0.2) is 10.1 Å².